The Morgan fingerprint density at radius 3 is 2.65 bits per heavy atom. The lowest BCUT2D eigenvalue weighted by molar-refractivity contribution is -0.218. The van der Waals surface area contributed by atoms with Gasteiger partial charge in [-0.05, 0) is 43.7 Å². The topological polar surface area (TPSA) is 113 Å². The van der Waals surface area contributed by atoms with Crippen molar-refractivity contribution in [1.29, 1.82) is 5.26 Å². The van der Waals surface area contributed by atoms with E-state index in [4.69, 9.17) is 10.5 Å². The largest absolute Gasteiger partial charge is 0.415 e. The Kier molecular flexibility index (Phi) is 5.56. The van der Waals surface area contributed by atoms with Gasteiger partial charge in [0.1, 0.15) is 34.1 Å². The molecule has 34 heavy (non-hydrogen) atoms. The van der Waals surface area contributed by atoms with Crippen molar-refractivity contribution in [2.75, 3.05) is 11.9 Å². The van der Waals surface area contributed by atoms with Crippen LogP contribution in [0, 0.1) is 34.3 Å². The summed E-state index contributed by atoms with van der Waals surface area (Å²) in [7, 11) is 0. The highest BCUT2D eigenvalue weighted by atomic mass is 19.4. The van der Waals surface area contributed by atoms with Crippen molar-refractivity contribution in [1.82, 2.24) is 4.98 Å². The molecule has 0 bridgehead atoms. The number of hydrogen-bond donors (Lipinski definition) is 2. The predicted octanol–water partition coefficient (Wildman–Crippen LogP) is 3.68. The summed E-state index contributed by atoms with van der Waals surface area (Å²) in [5, 5.41) is 12.0. The number of anilines is 1. The van der Waals surface area contributed by atoms with Crippen molar-refractivity contribution in [2.24, 2.45) is 22.1 Å². The molecule has 4 rings (SSSR count). The molecule has 1 aromatic heterocycles. The van der Waals surface area contributed by atoms with Crippen LogP contribution in [-0.4, -0.2) is 35.6 Å². The second-order valence-corrected chi connectivity index (χ2v) is 8.46. The van der Waals surface area contributed by atoms with Gasteiger partial charge in [-0.25, -0.2) is 13.8 Å². The lowest BCUT2D eigenvalue weighted by Crippen LogP contribution is -2.51. The van der Waals surface area contributed by atoms with Crippen LogP contribution in [0.2, 0.25) is 0 Å². The van der Waals surface area contributed by atoms with Crippen LogP contribution in [0.4, 0.5) is 27.6 Å². The average molecular weight is 479 g/mol. The average Bonchev–Trinajstić information content (AvgIpc) is 3.14. The third-order valence-electron chi connectivity index (χ3n) is 6.20. The molecular weight excluding hydrogens is 461 g/mol. The Morgan fingerprint density at radius 1 is 1.29 bits per heavy atom. The highest BCUT2D eigenvalue weighted by Crippen LogP contribution is 2.55. The van der Waals surface area contributed by atoms with E-state index < -0.39 is 53.3 Å². The molecule has 0 unspecified atom stereocenters. The van der Waals surface area contributed by atoms with Gasteiger partial charge in [-0.3, -0.25) is 9.79 Å². The van der Waals surface area contributed by atoms with E-state index in [9.17, 15) is 27.6 Å². The number of aliphatic imine (C=N–C) groups is 1. The van der Waals surface area contributed by atoms with E-state index in [1.807, 2.05) is 6.07 Å². The molecule has 0 radical (unpaired) electrons. The summed E-state index contributed by atoms with van der Waals surface area (Å²) in [4.78, 5) is 20.3. The van der Waals surface area contributed by atoms with Crippen molar-refractivity contribution < 1.29 is 31.5 Å². The Morgan fingerprint density at radius 2 is 2.03 bits per heavy atom. The summed E-state index contributed by atoms with van der Waals surface area (Å²) in [5.41, 5.74) is 2.26. The smallest absolute Gasteiger partial charge is 0.386 e. The third kappa shape index (κ3) is 3.86. The minimum Gasteiger partial charge on any atom is -0.386 e. The fraction of sp³-hybridized carbons (Fsp3) is 0.364. The van der Waals surface area contributed by atoms with E-state index >= 15 is 4.39 Å². The fourth-order valence-electron chi connectivity index (χ4n) is 4.37. The first-order valence-corrected chi connectivity index (χ1v) is 10.1. The molecule has 1 amide bonds. The molecule has 12 heteroatoms. The number of benzene rings is 1. The van der Waals surface area contributed by atoms with Gasteiger partial charge in [0.2, 0.25) is 0 Å². The molecule has 2 aliphatic rings. The number of pyridine rings is 1. The van der Waals surface area contributed by atoms with Crippen LogP contribution >= 0.6 is 0 Å². The molecule has 7 nitrogen and oxygen atoms in total. The monoisotopic (exact) mass is 479 g/mol. The van der Waals surface area contributed by atoms with E-state index in [2.05, 4.69) is 15.3 Å². The molecule has 0 aliphatic carbocycles. The SMILES string of the molecule is C[C@@]1(C#N)C[C@H]2[C@H](C(F)(F)F)OC[C@@]2(c2cc(NC(=O)c3ccc(F)cn3)ccc2F)N=C1N. The second-order valence-electron chi connectivity index (χ2n) is 8.46. The quantitative estimate of drug-likeness (QED) is 0.653. The van der Waals surface area contributed by atoms with E-state index in [1.165, 1.54) is 13.0 Å². The van der Waals surface area contributed by atoms with Crippen LogP contribution in [0.5, 0.6) is 0 Å². The number of amidine groups is 1. The molecule has 2 aromatic rings. The standard InChI is InChI=1S/C22H18F5N5O2/c1-20(9-28)7-14-17(22(25,26)27)34-10-21(14,32-19(20)29)13-6-12(3-4-15(13)24)31-18(33)16-5-2-11(23)8-30-16/h2-6,8,14,17H,7,10H2,1H3,(H2,29,32)(H,31,33)/t14-,17+,20-,21-/m0/s1. The normalized spacial score (nSPS) is 28.6. The van der Waals surface area contributed by atoms with Crippen LogP contribution in [0.15, 0.2) is 41.5 Å². The van der Waals surface area contributed by atoms with Crippen LogP contribution in [-0.2, 0) is 10.3 Å². The first kappa shape index (κ1) is 23.6. The number of amides is 1. The second kappa shape index (κ2) is 8.02. The van der Waals surface area contributed by atoms with Crippen molar-refractivity contribution in [3.63, 3.8) is 0 Å². The lowest BCUT2D eigenvalue weighted by Gasteiger charge is -2.42. The molecule has 4 atom stereocenters. The van der Waals surface area contributed by atoms with E-state index in [-0.39, 0.29) is 29.2 Å². The minimum atomic E-state index is -4.79. The molecule has 2 aliphatic heterocycles. The Bertz CT molecular complexity index is 1210. The number of alkyl halides is 3. The zero-order chi connectivity index (χ0) is 24.9. The highest BCUT2D eigenvalue weighted by Gasteiger charge is 2.64. The summed E-state index contributed by atoms with van der Waals surface area (Å²) < 4.78 is 74.5. The molecule has 1 fully saturated rings. The predicted molar refractivity (Wildman–Crippen MR) is 109 cm³/mol. The van der Waals surface area contributed by atoms with Gasteiger partial charge in [0.15, 0.2) is 6.10 Å². The van der Waals surface area contributed by atoms with Gasteiger partial charge in [0.25, 0.3) is 5.91 Å². The molecule has 0 spiro atoms. The van der Waals surface area contributed by atoms with E-state index in [0.717, 1.165) is 30.5 Å². The number of ether oxygens (including phenoxy) is 1. The van der Waals surface area contributed by atoms with Crippen molar-refractivity contribution in [3.05, 3.63) is 59.4 Å². The zero-order valence-electron chi connectivity index (χ0n) is 17.7. The van der Waals surface area contributed by atoms with Gasteiger partial charge >= 0.3 is 6.18 Å². The zero-order valence-corrected chi connectivity index (χ0v) is 17.7. The molecule has 1 aromatic carbocycles. The van der Waals surface area contributed by atoms with Gasteiger partial charge in [-0.1, -0.05) is 0 Å². The third-order valence-corrected chi connectivity index (χ3v) is 6.20. The Labute approximate surface area is 190 Å². The van der Waals surface area contributed by atoms with Crippen LogP contribution < -0.4 is 11.1 Å². The Hall–Kier alpha value is -3.59. The Balaban J connectivity index is 1.78. The van der Waals surface area contributed by atoms with Crippen LogP contribution in [0.3, 0.4) is 0 Å². The van der Waals surface area contributed by atoms with Crippen molar-refractivity contribution >= 4 is 17.4 Å². The first-order valence-electron chi connectivity index (χ1n) is 10.1. The van der Waals surface area contributed by atoms with Crippen LogP contribution in [0.25, 0.3) is 0 Å². The fourth-order valence-corrected chi connectivity index (χ4v) is 4.37. The number of nitriles is 1. The number of carbonyl (C=O) groups excluding carboxylic acids is 1. The van der Waals surface area contributed by atoms with E-state index in [1.54, 1.807) is 0 Å². The van der Waals surface area contributed by atoms with Crippen molar-refractivity contribution in [2.45, 2.75) is 31.2 Å². The number of nitrogens with zero attached hydrogens (tertiary/aromatic N) is 3. The van der Waals surface area contributed by atoms with E-state index in [0.29, 0.717) is 0 Å². The lowest BCUT2D eigenvalue weighted by atomic mass is 9.66. The summed E-state index contributed by atoms with van der Waals surface area (Å²) in [6, 6.07) is 7.39. The maximum absolute atomic E-state index is 15.0. The number of carbonyl (C=O) groups is 1. The summed E-state index contributed by atoms with van der Waals surface area (Å²) in [6.07, 6.45) is -6.61. The maximum atomic E-state index is 15.0. The number of halogens is 5. The molecule has 0 saturated carbocycles. The number of rotatable bonds is 3. The highest BCUT2D eigenvalue weighted by molar-refractivity contribution is 6.02. The van der Waals surface area contributed by atoms with Gasteiger partial charge in [0.05, 0.1) is 18.9 Å². The maximum Gasteiger partial charge on any atom is 0.415 e. The summed E-state index contributed by atoms with van der Waals surface area (Å²) >= 11 is 0. The first-order chi connectivity index (χ1) is 15.9. The molecule has 3 N–H and O–H groups in total. The van der Waals surface area contributed by atoms with Gasteiger partial charge in [-0.2, -0.15) is 18.4 Å². The van der Waals surface area contributed by atoms with Crippen molar-refractivity contribution in [3.8, 4) is 6.07 Å². The summed E-state index contributed by atoms with van der Waals surface area (Å²) in [5.74, 6) is -3.95. The van der Waals surface area contributed by atoms with Gasteiger partial charge in [-0.15, -0.1) is 0 Å². The number of hydrogen-bond acceptors (Lipinski definition) is 6. The number of aromatic nitrogens is 1. The molecular formula is C22H18F5N5O2. The minimum absolute atomic E-state index is 0.0403. The summed E-state index contributed by atoms with van der Waals surface area (Å²) in [6.45, 7) is 0.738. The number of nitrogens with two attached hydrogens (primary N) is 1. The van der Waals surface area contributed by atoms with Crippen LogP contribution in [0.1, 0.15) is 29.4 Å². The number of nitrogens with one attached hydrogen (secondary N) is 1. The van der Waals surface area contributed by atoms with Gasteiger partial charge < -0.3 is 15.8 Å². The van der Waals surface area contributed by atoms with Gasteiger partial charge in [0, 0.05) is 17.2 Å². The molecule has 3 heterocycles. The molecule has 178 valence electrons. The number of fused-ring (bicyclic) bond motifs is 1. The molecule has 1 saturated heterocycles.